The highest BCUT2D eigenvalue weighted by molar-refractivity contribution is 5.48. The largest absolute Gasteiger partial charge is 0.371 e. The van der Waals surface area contributed by atoms with Crippen LogP contribution in [0.3, 0.4) is 0 Å². The van der Waals surface area contributed by atoms with Crippen LogP contribution in [0.15, 0.2) is 48.2 Å². The number of hydrogen-bond donors (Lipinski definition) is 0. The molecular weight excluding hydrogens is 392 g/mol. The van der Waals surface area contributed by atoms with Crippen molar-refractivity contribution in [2.75, 3.05) is 57.5 Å². The minimum atomic E-state index is 0.393. The Morgan fingerprint density at radius 1 is 0.710 bits per heavy atom. The lowest BCUT2D eigenvalue weighted by atomic mass is 9.92. The van der Waals surface area contributed by atoms with Gasteiger partial charge in [-0.2, -0.15) is 0 Å². The molecule has 5 unspecified atom stereocenters. The van der Waals surface area contributed by atoms with Gasteiger partial charge in [0, 0.05) is 37.6 Å². The second-order valence-corrected chi connectivity index (χ2v) is 9.49. The predicted molar refractivity (Wildman–Crippen MR) is 118 cm³/mol. The van der Waals surface area contributed by atoms with Crippen LogP contribution in [0.5, 0.6) is 0 Å². The Balaban J connectivity index is 1.04. The number of benzene rings is 1. The van der Waals surface area contributed by atoms with Crippen molar-refractivity contribution in [3.63, 3.8) is 0 Å². The molecule has 166 valence electrons. The SMILES string of the molecule is C1=CC(Cc2ccc(N(CC3CO3)CC3CO3)cc2)CC=C1N(CC1CO1)CC1CO1. The fourth-order valence-corrected chi connectivity index (χ4v) is 4.43. The zero-order valence-corrected chi connectivity index (χ0v) is 18.0. The van der Waals surface area contributed by atoms with E-state index in [1.165, 1.54) is 16.9 Å². The van der Waals surface area contributed by atoms with Gasteiger partial charge in [0.25, 0.3) is 0 Å². The van der Waals surface area contributed by atoms with Crippen molar-refractivity contribution in [1.29, 1.82) is 0 Å². The molecule has 0 N–H and O–H groups in total. The number of rotatable bonds is 12. The summed E-state index contributed by atoms with van der Waals surface area (Å²) in [6, 6.07) is 9.11. The summed E-state index contributed by atoms with van der Waals surface area (Å²) in [6.45, 7) is 7.48. The van der Waals surface area contributed by atoms with E-state index < -0.39 is 0 Å². The van der Waals surface area contributed by atoms with Gasteiger partial charge in [0.05, 0.1) is 50.8 Å². The van der Waals surface area contributed by atoms with Crippen LogP contribution in [-0.2, 0) is 25.4 Å². The van der Waals surface area contributed by atoms with Gasteiger partial charge in [-0.15, -0.1) is 0 Å². The zero-order chi connectivity index (χ0) is 20.6. The van der Waals surface area contributed by atoms with Crippen LogP contribution in [0.1, 0.15) is 12.0 Å². The third kappa shape index (κ3) is 5.69. The van der Waals surface area contributed by atoms with Crippen LogP contribution in [0.2, 0.25) is 0 Å². The fourth-order valence-electron chi connectivity index (χ4n) is 4.43. The topological polar surface area (TPSA) is 56.6 Å². The maximum absolute atomic E-state index is 5.46. The van der Waals surface area contributed by atoms with Crippen LogP contribution in [0, 0.1) is 5.92 Å². The molecule has 4 heterocycles. The van der Waals surface area contributed by atoms with E-state index in [0.717, 1.165) is 65.4 Å². The van der Waals surface area contributed by atoms with Gasteiger partial charge in [0.1, 0.15) is 0 Å². The maximum atomic E-state index is 5.46. The molecule has 6 heteroatoms. The quantitative estimate of drug-likeness (QED) is 0.480. The minimum Gasteiger partial charge on any atom is -0.371 e. The summed E-state index contributed by atoms with van der Waals surface area (Å²) in [4.78, 5) is 4.86. The minimum absolute atomic E-state index is 0.393. The normalized spacial score (nSPS) is 32.4. The van der Waals surface area contributed by atoms with Crippen molar-refractivity contribution in [2.45, 2.75) is 37.3 Å². The molecule has 1 aromatic rings. The van der Waals surface area contributed by atoms with E-state index in [4.69, 9.17) is 18.9 Å². The zero-order valence-electron chi connectivity index (χ0n) is 18.0. The highest BCUT2D eigenvalue weighted by Crippen LogP contribution is 2.27. The summed E-state index contributed by atoms with van der Waals surface area (Å²) in [6.07, 6.45) is 10.9. The molecule has 5 atom stereocenters. The molecule has 6 nitrogen and oxygen atoms in total. The van der Waals surface area contributed by atoms with E-state index in [1.54, 1.807) is 0 Å². The van der Waals surface area contributed by atoms with Gasteiger partial charge < -0.3 is 28.7 Å². The third-order valence-corrected chi connectivity index (χ3v) is 6.64. The summed E-state index contributed by atoms with van der Waals surface area (Å²) in [5.41, 5.74) is 4.00. The van der Waals surface area contributed by atoms with Crippen molar-refractivity contribution < 1.29 is 18.9 Å². The highest BCUT2D eigenvalue weighted by atomic mass is 16.6. The second-order valence-electron chi connectivity index (χ2n) is 9.49. The molecule has 0 aromatic heterocycles. The molecule has 1 aromatic carbocycles. The standard InChI is InChI=1S/C25H32N2O4/c1-5-20(26(10-22-14-28-22)11-23-15-29-23)6-2-18(1)9-19-3-7-21(8-4-19)27(12-24-16-30-24)13-25-17-31-25/h1-3,5-8,19,22-25H,4,9-17H2. The van der Waals surface area contributed by atoms with Crippen LogP contribution in [-0.4, -0.2) is 81.9 Å². The summed E-state index contributed by atoms with van der Waals surface area (Å²) in [5, 5.41) is 0. The number of epoxide rings is 4. The number of anilines is 1. The van der Waals surface area contributed by atoms with E-state index in [-0.39, 0.29) is 0 Å². The maximum Gasteiger partial charge on any atom is 0.0984 e. The van der Waals surface area contributed by atoms with E-state index in [1.807, 2.05) is 0 Å². The number of hydrogen-bond acceptors (Lipinski definition) is 6. The Hall–Kier alpha value is -1.86. The van der Waals surface area contributed by atoms with Gasteiger partial charge >= 0.3 is 0 Å². The number of ether oxygens (including phenoxy) is 4. The number of nitrogens with zero attached hydrogens (tertiary/aromatic N) is 2. The molecule has 4 aliphatic heterocycles. The van der Waals surface area contributed by atoms with E-state index in [9.17, 15) is 0 Å². The molecule has 1 aliphatic carbocycles. The molecule has 0 radical (unpaired) electrons. The summed E-state index contributed by atoms with van der Waals surface area (Å²) in [5.74, 6) is 0.557. The first-order valence-corrected chi connectivity index (χ1v) is 11.7. The van der Waals surface area contributed by atoms with E-state index in [2.05, 4.69) is 52.3 Å². The highest BCUT2D eigenvalue weighted by Gasteiger charge is 2.32. The molecule has 31 heavy (non-hydrogen) atoms. The molecule has 4 fully saturated rings. The molecular formula is C25H32N2O4. The molecule has 4 saturated heterocycles. The van der Waals surface area contributed by atoms with Crippen molar-refractivity contribution in [3.8, 4) is 0 Å². The van der Waals surface area contributed by atoms with Gasteiger partial charge in [-0.1, -0.05) is 24.3 Å². The van der Waals surface area contributed by atoms with Gasteiger partial charge in [0.2, 0.25) is 0 Å². The lowest BCUT2D eigenvalue weighted by Gasteiger charge is -2.27. The monoisotopic (exact) mass is 424 g/mol. The van der Waals surface area contributed by atoms with Gasteiger partial charge in [-0.25, -0.2) is 0 Å². The fraction of sp³-hybridized carbons (Fsp3) is 0.600. The lowest BCUT2D eigenvalue weighted by Crippen LogP contribution is -2.31. The van der Waals surface area contributed by atoms with Crippen LogP contribution < -0.4 is 4.90 Å². The summed E-state index contributed by atoms with van der Waals surface area (Å²) >= 11 is 0. The Kier molecular flexibility index (Phi) is 5.48. The molecule has 0 bridgehead atoms. The molecule has 6 rings (SSSR count). The molecule has 0 spiro atoms. The lowest BCUT2D eigenvalue weighted by molar-refractivity contribution is 0.266. The van der Waals surface area contributed by atoms with E-state index >= 15 is 0 Å². The smallest absolute Gasteiger partial charge is 0.0984 e. The third-order valence-electron chi connectivity index (χ3n) is 6.64. The van der Waals surface area contributed by atoms with Crippen LogP contribution >= 0.6 is 0 Å². The summed E-state index contributed by atoms with van der Waals surface area (Å²) < 4.78 is 21.8. The van der Waals surface area contributed by atoms with Gasteiger partial charge in [-0.05, 0) is 42.5 Å². The first-order chi connectivity index (χ1) is 15.3. The van der Waals surface area contributed by atoms with E-state index in [0.29, 0.717) is 30.3 Å². The average Bonchev–Trinajstić information content (AvgIpc) is 3.63. The first kappa shape index (κ1) is 19.8. The predicted octanol–water partition coefficient (Wildman–Crippen LogP) is 2.39. The Bertz CT molecular complexity index is 794. The van der Waals surface area contributed by atoms with Crippen LogP contribution in [0.4, 0.5) is 5.69 Å². The van der Waals surface area contributed by atoms with Gasteiger partial charge in [0.15, 0.2) is 0 Å². The molecule has 5 aliphatic rings. The van der Waals surface area contributed by atoms with Gasteiger partial charge in [-0.3, -0.25) is 0 Å². The van der Waals surface area contributed by atoms with Crippen molar-refractivity contribution in [3.05, 3.63) is 53.8 Å². The first-order valence-electron chi connectivity index (χ1n) is 11.7. The van der Waals surface area contributed by atoms with Crippen LogP contribution in [0.25, 0.3) is 0 Å². The van der Waals surface area contributed by atoms with Crippen molar-refractivity contribution in [1.82, 2.24) is 4.90 Å². The number of allylic oxidation sites excluding steroid dienone is 3. The second kappa shape index (κ2) is 8.58. The Morgan fingerprint density at radius 2 is 1.23 bits per heavy atom. The molecule has 0 saturated carbocycles. The molecule has 0 amide bonds. The average molecular weight is 425 g/mol. The Morgan fingerprint density at radius 3 is 1.68 bits per heavy atom. The van der Waals surface area contributed by atoms with Crippen molar-refractivity contribution >= 4 is 5.69 Å². The summed E-state index contributed by atoms with van der Waals surface area (Å²) in [7, 11) is 0. The van der Waals surface area contributed by atoms with Crippen molar-refractivity contribution in [2.24, 2.45) is 5.92 Å². The Labute approximate surface area is 184 Å².